The summed E-state index contributed by atoms with van der Waals surface area (Å²) in [7, 11) is 0. The topological polar surface area (TPSA) is 26.3 Å². The molecule has 4 aliphatic rings. The van der Waals surface area contributed by atoms with Crippen molar-refractivity contribution in [2.24, 2.45) is 46.3 Å². The van der Waals surface area contributed by atoms with Crippen molar-refractivity contribution in [1.82, 2.24) is 0 Å². The minimum atomic E-state index is -0.172. The third-order valence-electron chi connectivity index (χ3n) is 11.2. The van der Waals surface area contributed by atoms with Gasteiger partial charge in [0.05, 0.1) is 0 Å². The number of hydrogen-bond acceptors (Lipinski definition) is 2. The lowest BCUT2D eigenvalue weighted by atomic mass is 9.43. The van der Waals surface area contributed by atoms with E-state index in [2.05, 4.69) is 34.6 Å². The minimum absolute atomic E-state index is 0.0524. The molecule has 0 heterocycles. The summed E-state index contributed by atoms with van der Waals surface area (Å²) < 4.78 is 6.26. The molecule has 8 atom stereocenters. The SMILES string of the molecule is CC(=O)O[C@]12CCCC[C@]1(C)[C@H]1CC[C@]3(C)[C@@H]([C@H](C)CCCC(C)C)CC[C@H]3[C@@H]1CC2. The van der Waals surface area contributed by atoms with Crippen LogP contribution in [0.4, 0.5) is 0 Å². The van der Waals surface area contributed by atoms with Gasteiger partial charge in [-0.2, -0.15) is 0 Å². The van der Waals surface area contributed by atoms with E-state index in [1.807, 2.05) is 0 Å². The van der Waals surface area contributed by atoms with E-state index >= 15 is 0 Å². The average molecular weight is 431 g/mol. The molecule has 0 spiro atoms. The van der Waals surface area contributed by atoms with Crippen LogP contribution in [0.3, 0.4) is 0 Å². The Kier molecular flexibility index (Phi) is 6.61. The molecule has 0 bridgehead atoms. The maximum atomic E-state index is 12.1. The van der Waals surface area contributed by atoms with E-state index in [9.17, 15) is 4.79 Å². The van der Waals surface area contributed by atoms with Gasteiger partial charge in [0.25, 0.3) is 0 Å². The van der Waals surface area contributed by atoms with Crippen molar-refractivity contribution in [3.63, 3.8) is 0 Å². The second kappa shape index (κ2) is 8.68. The van der Waals surface area contributed by atoms with Crippen LogP contribution in [-0.4, -0.2) is 11.6 Å². The van der Waals surface area contributed by atoms with Gasteiger partial charge in [-0.05, 0) is 98.7 Å². The molecule has 0 radical (unpaired) electrons. The van der Waals surface area contributed by atoms with Gasteiger partial charge in [-0.25, -0.2) is 0 Å². The number of hydrogen-bond donors (Lipinski definition) is 0. The highest BCUT2D eigenvalue weighted by molar-refractivity contribution is 5.66. The molecule has 4 fully saturated rings. The summed E-state index contributed by atoms with van der Waals surface area (Å²) in [6.07, 6.45) is 17.2. The lowest BCUT2D eigenvalue weighted by molar-refractivity contribution is -0.226. The highest BCUT2D eigenvalue weighted by Gasteiger charge is 2.65. The molecule has 2 nitrogen and oxygen atoms in total. The Labute approximate surface area is 192 Å². The second-order valence-electron chi connectivity index (χ2n) is 13.2. The van der Waals surface area contributed by atoms with Crippen LogP contribution in [0.1, 0.15) is 125 Å². The first-order chi connectivity index (χ1) is 14.6. The minimum Gasteiger partial charge on any atom is -0.459 e. The van der Waals surface area contributed by atoms with Crippen LogP contribution in [0.15, 0.2) is 0 Å². The van der Waals surface area contributed by atoms with Crippen molar-refractivity contribution in [3.05, 3.63) is 0 Å². The summed E-state index contributed by atoms with van der Waals surface area (Å²) in [5, 5.41) is 0. The number of esters is 1. The molecule has 4 rings (SSSR count). The van der Waals surface area contributed by atoms with E-state index in [0.29, 0.717) is 5.41 Å². The van der Waals surface area contributed by atoms with Gasteiger partial charge in [0.15, 0.2) is 0 Å². The lowest BCUT2D eigenvalue weighted by Gasteiger charge is -2.64. The predicted octanol–water partition coefficient (Wildman–Crippen LogP) is 8.18. The maximum Gasteiger partial charge on any atom is 0.303 e. The molecule has 0 saturated heterocycles. The van der Waals surface area contributed by atoms with Crippen LogP contribution in [0.2, 0.25) is 0 Å². The van der Waals surface area contributed by atoms with Crippen LogP contribution in [0, 0.1) is 46.3 Å². The molecule has 0 aromatic heterocycles. The molecule has 2 heteroatoms. The first-order valence-corrected chi connectivity index (χ1v) is 13.8. The smallest absolute Gasteiger partial charge is 0.303 e. The Bertz CT molecular complexity index is 655. The molecule has 178 valence electrons. The number of carbonyl (C=O) groups excluding carboxylic acids is 1. The first kappa shape index (κ1) is 23.6. The van der Waals surface area contributed by atoms with Crippen molar-refractivity contribution < 1.29 is 9.53 Å². The number of fused-ring (bicyclic) bond motifs is 5. The van der Waals surface area contributed by atoms with E-state index in [4.69, 9.17) is 4.74 Å². The molecule has 0 aromatic rings. The Hall–Kier alpha value is -0.530. The third-order valence-corrected chi connectivity index (χ3v) is 11.2. The second-order valence-corrected chi connectivity index (χ2v) is 13.2. The Morgan fingerprint density at radius 1 is 0.903 bits per heavy atom. The van der Waals surface area contributed by atoms with Crippen LogP contribution in [0.5, 0.6) is 0 Å². The summed E-state index contributed by atoms with van der Waals surface area (Å²) in [5.41, 5.74) is 0.571. The lowest BCUT2D eigenvalue weighted by Crippen LogP contribution is -2.62. The highest BCUT2D eigenvalue weighted by Crippen LogP contribution is 2.69. The Morgan fingerprint density at radius 2 is 1.65 bits per heavy atom. The van der Waals surface area contributed by atoms with Gasteiger partial charge >= 0.3 is 5.97 Å². The molecular weight excluding hydrogens is 380 g/mol. The summed E-state index contributed by atoms with van der Waals surface area (Å²) in [4.78, 5) is 12.1. The number of rotatable bonds is 6. The van der Waals surface area contributed by atoms with Gasteiger partial charge < -0.3 is 4.74 Å². The Morgan fingerprint density at radius 3 is 2.35 bits per heavy atom. The zero-order valence-corrected chi connectivity index (χ0v) is 21.5. The van der Waals surface area contributed by atoms with E-state index < -0.39 is 0 Å². The van der Waals surface area contributed by atoms with Crippen LogP contribution in [0.25, 0.3) is 0 Å². The van der Waals surface area contributed by atoms with Gasteiger partial charge in [-0.1, -0.05) is 60.3 Å². The van der Waals surface area contributed by atoms with E-state index in [1.165, 1.54) is 70.6 Å². The first-order valence-electron chi connectivity index (χ1n) is 13.8. The number of carbonyl (C=O) groups is 1. The van der Waals surface area contributed by atoms with Crippen molar-refractivity contribution in [1.29, 1.82) is 0 Å². The fourth-order valence-electron chi connectivity index (χ4n) is 9.75. The van der Waals surface area contributed by atoms with Crippen molar-refractivity contribution in [2.75, 3.05) is 0 Å². The molecule has 0 aliphatic heterocycles. The summed E-state index contributed by atoms with van der Waals surface area (Å²) in [5.74, 6) is 5.10. The molecular formula is C29H50O2. The van der Waals surface area contributed by atoms with E-state index in [0.717, 1.165) is 48.3 Å². The highest BCUT2D eigenvalue weighted by atomic mass is 16.6. The fraction of sp³-hybridized carbons (Fsp3) is 0.966. The summed E-state index contributed by atoms with van der Waals surface area (Å²) in [6, 6.07) is 0. The molecule has 4 aliphatic carbocycles. The fourth-order valence-corrected chi connectivity index (χ4v) is 9.75. The van der Waals surface area contributed by atoms with Gasteiger partial charge in [-0.15, -0.1) is 0 Å². The van der Waals surface area contributed by atoms with Gasteiger partial charge in [0.2, 0.25) is 0 Å². The van der Waals surface area contributed by atoms with Crippen LogP contribution < -0.4 is 0 Å². The van der Waals surface area contributed by atoms with Crippen molar-refractivity contribution >= 4 is 5.97 Å². The zero-order chi connectivity index (χ0) is 22.4. The molecule has 0 N–H and O–H groups in total. The van der Waals surface area contributed by atoms with Gasteiger partial charge in [0.1, 0.15) is 5.60 Å². The summed E-state index contributed by atoms with van der Waals surface area (Å²) in [6.45, 7) is 14.1. The monoisotopic (exact) mass is 430 g/mol. The average Bonchev–Trinajstić information content (AvgIpc) is 3.04. The molecule has 0 aromatic carbocycles. The Balaban J connectivity index is 1.52. The zero-order valence-electron chi connectivity index (χ0n) is 21.5. The standard InChI is InChI=1S/C29H50O2/c1-20(2)10-9-11-21(3)24-12-13-25-23-14-19-29(31-22(4)30)17-8-7-16-28(29,6)26(23)15-18-27(24,25)5/h20-21,23-26H,7-19H2,1-6H3/t21-,23+,24-,25+,26+,27-,28-,29+/m1/s1. The molecule has 4 saturated carbocycles. The molecule has 0 unspecified atom stereocenters. The van der Waals surface area contributed by atoms with Crippen molar-refractivity contribution in [3.8, 4) is 0 Å². The molecule has 31 heavy (non-hydrogen) atoms. The van der Waals surface area contributed by atoms with Crippen LogP contribution >= 0.6 is 0 Å². The number of ether oxygens (including phenoxy) is 1. The summed E-state index contributed by atoms with van der Waals surface area (Å²) >= 11 is 0. The van der Waals surface area contributed by atoms with E-state index in [-0.39, 0.29) is 17.0 Å². The van der Waals surface area contributed by atoms with Crippen molar-refractivity contribution in [2.45, 2.75) is 131 Å². The van der Waals surface area contributed by atoms with E-state index in [1.54, 1.807) is 6.92 Å². The predicted molar refractivity (Wildman–Crippen MR) is 129 cm³/mol. The van der Waals surface area contributed by atoms with Crippen LogP contribution in [-0.2, 0) is 9.53 Å². The third kappa shape index (κ3) is 3.90. The maximum absolute atomic E-state index is 12.1. The molecule has 0 amide bonds. The largest absolute Gasteiger partial charge is 0.459 e. The van der Waals surface area contributed by atoms with Gasteiger partial charge in [0, 0.05) is 12.3 Å². The quantitative estimate of drug-likeness (QED) is 0.397. The normalized spacial score (nSPS) is 45.5. The van der Waals surface area contributed by atoms with Gasteiger partial charge in [-0.3, -0.25) is 4.79 Å².